The number of carbonyl (C=O) groups is 1. The lowest BCUT2D eigenvalue weighted by Crippen LogP contribution is -2.28. The van der Waals surface area contributed by atoms with E-state index in [2.05, 4.69) is 5.32 Å². The summed E-state index contributed by atoms with van der Waals surface area (Å²) in [7, 11) is -2.31. The summed E-state index contributed by atoms with van der Waals surface area (Å²) >= 11 is 0. The second-order valence-electron chi connectivity index (χ2n) is 7.34. The normalized spacial score (nSPS) is 14.4. The average Bonchev–Trinajstić information content (AvgIpc) is 3.35. The zero-order valence-electron chi connectivity index (χ0n) is 17.2. The smallest absolute Gasteiger partial charge is 0.255 e. The van der Waals surface area contributed by atoms with Crippen molar-refractivity contribution >= 4 is 21.6 Å². The van der Waals surface area contributed by atoms with E-state index in [1.165, 1.54) is 23.5 Å². The molecule has 0 bridgehead atoms. The molecule has 0 spiro atoms. The van der Waals surface area contributed by atoms with Crippen molar-refractivity contribution in [1.82, 2.24) is 4.31 Å². The van der Waals surface area contributed by atoms with Crippen LogP contribution in [0, 0.1) is 0 Å². The van der Waals surface area contributed by atoms with Gasteiger partial charge >= 0.3 is 0 Å². The van der Waals surface area contributed by atoms with Gasteiger partial charge in [-0.15, -0.1) is 0 Å². The third kappa shape index (κ3) is 4.33. The van der Waals surface area contributed by atoms with Gasteiger partial charge < -0.3 is 10.1 Å². The predicted octanol–water partition coefficient (Wildman–Crippen LogP) is 4.40. The summed E-state index contributed by atoms with van der Waals surface area (Å²) in [5.41, 5.74) is 2.76. The molecule has 0 atom stereocenters. The van der Waals surface area contributed by atoms with Gasteiger partial charge in [-0.1, -0.05) is 48.5 Å². The molecule has 1 aliphatic rings. The molecule has 4 rings (SSSR count). The molecule has 1 fully saturated rings. The molecule has 6 nitrogen and oxygen atoms in total. The third-order valence-electron chi connectivity index (χ3n) is 5.37. The molecule has 31 heavy (non-hydrogen) atoms. The van der Waals surface area contributed by atoms with Gasteiger partial charge in [-0.25, -0.2) is 8.42 Å². The molecule has 1 saturated heterocycles. The Morgan fingerprint density at radius 3 is 2.32 bits per heavy atom. The molecular weight excluding hydrogens is 412 g/mol. The van der Waals surface area contributed by atoms with Crippen LogP contribution >= 0.6 is 0 Å². The van der Waals surface area contributed by atoms with E-state index in [1.807, 2.05) is 54.6 Å². The molecule has 0 aromatic heterocycles. The fourth-order valence-electron chi connectivity index (χ4n) is 3.74. The maximum Gasteiger partial charge on any atom is 0.255 e. The van der Waals surface area contributed by atoms with Crippen LogP contribution < -0.4 is 10.1 Å². The number of carbonyl (C=O) groups excluding carboxylic acids is 1. The molecule has 1 aliphatic heterocycles. The topological polar surface area (TPSA) is 75.7 Å². The number of amides is 1. The summed E-state index contributed by atoms with van der Waals surface area (Å²) in [5, 5.41) is 2.92. The van der Waals surface area contributed by atoms with Gasteiger partial charge in [-0.2, -0.15) is 4.31 Å². The fourth-order valence-corrected chi connectivity index (χ4v) is 5.44. The molecule has 1 N–H and O–H groups in total. The molecule has 1 heterocycles. The number of ether oxygens (including phenoxy) is 1. The van der Waals surface area contributed by atoms with E-state index in [0.717, 1.165) is 24.0 Å². The van der Waals surface area contributed by atoms with Gasteiger partial charge in [-0.3, -0.25) is 4.79 Å². The summed E-state index contributed by atoms with van der Waals surface area (Å²) in [5.74, 6) is -0.156. The van der Waals surface area contributed by atoms with Crippen LogP contribution in [0.15, 0.2) is 77.7 Å². The lowest BCUT2D eigenvalue weighted by molar-refractivity contribution is 0.102. The fraction of sp³-hybridized carbons (Fsp3) is 0.208. The zero-order chi connectivity index (χ0) is 21.8. The van der Waals surface area contributed by atoms with Gasteiger partial charge in [0.05, 0.1) is 7.11 Å². The van der Waals surface area contributed by atoms with Crippen LogP contribution in [0.2, 0.25) is 0 Å². The molecule has 7 heteroatoms. The highest BCUT2D eigenvalue weighted by molar-refractivity contribution is 7.89. The molecule has 0 saturated carbocycles. The second kappa shape index (κ2) is 8.91. The summed E-state index contributed by atoms with van der Waals surface area (Å²) < 4.78 is 32.9. The number of nitrogens with zero attached hydrogens (tertiary/aromatic N) is 1. The standard InChI is InChI=1S/C24H24N2O4S/c1-30-22-14-13-19(17-23(22)31(28,29)26-15-7-8-16-26)24(27)25-21-12-6-5-11-20(21)18-9-3-2-4-10-18/h2-6,9-14,17H,7-8,15-16H2,1H3,(H,25,27). The van der Waals surface area contributed by atoms with E-state index in [-0.39, 0.29) is 22.1 Å². The van der Waals surface area contributed by atoms with E-state index < -0.39 is 10.0 Å². The van der Waals surface area contributed by atoms with Crippen LogP contribution in [0.5, 0.6) is 5.75 Å². The van der Waals surface area contributed by atoms with Gasteiger partial charge in [0.2, 0.25) is 10.0 Å². The number of sulfonamides is 1. The number of rotatable bonds is 6. The molecule has 3 aromatic rings. The van der Waals surface area contributed by atoms with Crippen molar-refractivity contribution in [3.8, 4) is 16.9 Å². The maximum atomic E-state index is 13.1. The molecule has 1 amide bonds. The van der Waals surface area contributed by atoms with Gasteiger partial charge in [0.25, 0.3) is 5.91 Å². The van der Waals surface area contributed by atoms with Crippen LogP contribution in [-0.2, 0) is 10.0 Å². The van der Waals surface area contributed by atoms with Crippen LogP contribution in [-0.4, -0.2) is 38.8 Å². The Labute approximate surface area is 182 Å². The lowest BCUT2D eigenvalue weighted by Gasteiger charge is -2.18. The highest BCUT2D eigenvalue weighted by Gasteiger charge is 2.30. The number of methoxy groups -OCH3 is 1. The SMILES string of the molecule is COc1ccc(C(=O)Nc2ccccc2-c2ccccc2)cc1S(=O)(=O)N1CCCC1. The van der Waals surface area contributed by atoms with E-state index in [0.29, 0.717) is 18.8 Å². The van der Waals surface area contributed by atoms with Crippen molar-refractivity contribution in [2.75, 3.05) is 25.5 Å². The Morgan fingerprint density at radius 2 is 1.61 bits per heavy atom. The number of hydrogen-bond acceptors (Lipinski definition) is 4. The minimum atomic E-state index is -3.73. The van der Waals surface area contributed by atoms with Gasteiger partial charge in [0.15, 0.2) is 0 Å². The quantitative estimate of drug-likeness (QED) is 0.621. The highest BCUT2D eigenvalue weighted by atomic mass is 32.2. The first kappa shape index (κ1) is 21.1. The van der Waals surface area contributed by atoms with Crippen molar-refractivity contribution in [1.29, 1.82) is 0 Å². The molecule has 0 radical (unpaired) electrons. The van der Waals surface area contributed by atoms with Crippen molar-refractivity contribution < 1.29 is 17.9 Å². The van der Waals surface area contributed by atoms with Crippen molar-refractivity contribution in [2.45, 2.75) is 17.7 Å². The Morgan fingerprint density at radius 1 is 0.935 bits per heavy atom. The first-order valence-corrected chi connectivity index (χ1v) is 11.6. The molecule has 3 aromatic carbocycles. The molecule has 0 unspecified atom stereocenters. The predicted molar refractivity (Wildman–Crippen MR) is 121 cm³/mol. The second-order valence-corrected chi connectivity index (χ2v) is 9.25. The van der Waals surface area contributed by atoms with Crippen molar-refractivity contribution in [3.63, 3.8) is 0 Å². The monoisotopic (exact) mass is 436 g/mol. The van der Waals surface area contributed by atoms with E-state index in [9.17, 15) is 13.2 Å². The number of para-hydroxylation sites is 1. The van der Waals surface area contributed by atoms with Gasteiger partial charge in [0.1, 0.15) is 10.6 Å². The van der Waals surface area contributed by atoms with Crippen LogP contribution in [0.4, 0.5) is 5.69 Å². The van der Waals surface area contributed by atoms with Gasteiger partial charge in [0, 0.05) is 29.9 Å². The van der Waals surface area contributed by atoms with E-state index >= 15 is 0 Å². The first-order valence-electron chi connectivity index (χ1n) is 10.1. The maximum absolute atomic E-state index is 13.1. The zero-order valence-corrected chi connectivity index (χ0v) is 18.1. The Kier molecular flexibility index (Phi) is 6.06. The molecule has 160 valence electrons. The summed E-state index contributed by atoms with van der Waals surface area (Å²) in [6.45, 7) is 0.957. The lowest BCUT2D eigenvalue weighted by atomic mass is 10.0. The third-order valence-corrected chi connectivity index (χ3v) is 7.29. The van der Waals surface area contributed by atoms with Crippen molar-refractivity contribution in [3.05, 3.63) is 78.4 Å². The van der Waals surface area contributed by atoms with Crippen LogP contribution in [0.25, 0.3) is 11.1 Å². The summed E-state index contributed by atoms with van der Waals surface area (Å²) in [4.78, 5) is 13.1. The number of nitrogens with one attached hydrogen (secondary N) is 1. The van der Waals surface area contributed by atoms with E-state index in [1.54, 1.807) is 6.07 Å². The Balaban J connectivity index is 1.66. The molecular formula is C24H24N2O4S. The number of hydrogen-bond donors (Lipinski definition) is 1. The number of anilines is 1. The van der Waals surface area contributed by atoms with Gasteiger partial charge in [-0.05, 0) is 42.7 Å². The Bertz CT molecular complexity index is 1190. The molecule has 0 aliphatic carbocycles. The summed E-state index contributed by atoms with van der Waals surface area (Å²) in [6, 6.07) is 21.8. The first-order chi connectivity index (χ1) is 15.0. The Hall–Kier alpha value is -3.16. The van der Waals surface area contributed by atoms with Crippen LogP contribution in [0.1, 0.15) is 23.2 Å². The van der Waals surface area contributed by atoms with Crippen molar-refractivity contribution in [2.24, 2.45) is 0 Å². The minimum absolute atomic E-state index is 0.0147. The average molecular weight is 437 g/mol. The van der Waals surface area contributed by atoms with E-state index in [4.69, 9.17) is 4.74 Å². The van der Waals surface area contributed by atoms with Crippen LogP contribution in [0.3, 0.4) is 0 Å². The number of benzene rings is 3. The highest BCUT2D eigenvalue weighted by Crippen LogP contribution is 2.31. The summed E-state index contributed by atoms with van der Waals surface area (Å²) in [6.07, 6.45) is 1.66. The minimum Gasteiger partial charge on any atom is -0.495 e. The largest absolute Gasteiger partial charge is 0.495 e.